The van der Waals surface area contributed by atoms with Crippen LogP contribution in [0.1, 0.15) is 34.8 Å². The molecule has 0 saturated heterocycles. The lowest BCUT2D eigenvalue weighted by atomic mass is 10.00. The zero-order chi connectivity index (χ0) is 28.4. The van der Waals surface area contributed by atoms with Gasteiger partial charge in [0.25, 0.3) is 5.91 Å². The summed E-state index contributed by atoms with van der Waals surface area (Å²) < 4.78 is 31.3. The monoisotopic (exact) mass is 555 g/mol. The number of sulfonamides is 1. The van der Waals surface area contributed by atoms with Gasteiger partial charge in [0.1, 0.15) is 0 Å². The standard InChI is InChI=1S/C29H37N3O6S/c1-4-16-39(36,37)32(2)24-14-8-12-22(18-24)29(35)31-25(17-21-10-6-5-7-11-21)26(33)20-30-19-23-13-9-15-27(38-3)28(23)34/h5-15,18,25-26,30,33-34H,4,16-17,19-20H2,1-3H3,(H,31,35). The molecule has 10 heteroatoms. The fraction of sp³-hybridized carbons (Fsp3) is 0.345. The number of para-hydroxylation sites is 1. The smallest absolute Gasteiger partial charge is 0.251 e. The van der Waals surface area contributed by atoms with Gasteiger partial charge in [-0.05, 0) is 42.7 Å². The molecule has 39 heavy (non-hydrogen) atoms. The largest absolute Gasteiger partial charge is 0.504 e. The molecule has 0 aliphatic heterocycles. The zero-order valence-electron chi connectivity index (χ0n) is 22.5. The summed E-state index contributed by atoms with van der Waals surface area (Å²) in [5.41, 5.74) is 2.22. The summed E-state index contributed by atoms with van der Waals surface area (Å²) in [6.45, 7) is 2.22. The maximum atomic E-state index is 13.3. The number of ether oxygens (including phenoxy) is 1. The van der Waals surface area contributed by atoms with Crippen molar-refractivity contribution in [3.63, 3.8) is 0 Å². The number of benzene rings is 3. The number of carbonyl (C=O) groups is 1. The van der Waals surface area contributed by atoms with Crippen LogP contribution in [0.3, 0.4) is 0 Å². The Morgan fingerprint density at radius 2 is 1.77 bits per heavy atom. The van der Waals surface area contributed by atoms with E-state index in [1.807, 2.05) is 30.3 Å². The summed E-state index contributed by atoms with van der Waals surface area (Å²) in [6, 6.07) is 20.4. The summed E-state index contributed by atoms with van der Waals surface area (Å²) >= 11 is 0. The van der Waals surface area contributed by atoms with E-state index in [2.05, 4.69) is 10.6 Å². The molecule has 3 rings (SSSR count). The minimum absolute atomic E-state index is 0.00576. The van der Waals surface area contributed by atoms with Crippen molar-refractivity contribution in [1.82, 2.24) is 10.6 Å². The number of carbonyl (C=O) groups excluding carboxylic acids is 1. The van der Waals surface area contributed by atoms with E-state index in [0.717, 1.165) is 5.56 Å². The number of aliphatic hydroxyl groups is 1. The van der Waals surface area contributed by atoms with E-state index in [1.165, 1.54) is 24.5 Å². The van der Waals surface area contributed by atoms with Gasteiger partial charge < -0.3 is 25.6 Å². The maximum absolute atomic E-state index is 13.3. The predicted molar refractivity (Wildman–Crippen MR) is 153 cm³/mol. The Hall–Kier alpha value is -3.60. The van der Waals surface area contributed by atoms with Gasteiger partial charge in [0.15, 0.2) is 11.5 Å². The van der Waals surface area contributed by atoms with Gasteiger partial charge in [-0.2, -0.15) is 0 Å². The number of anilines is 1. The number of nitrogens with one attached hydrogen (secondary N) is 2. The summed E-state index contributed by atoms with van der Waals surface area (Å²) in [4.78, 5) is 13.3. The van der Waals surface area contributed by atoms with Crippen molar-refractivity contribution in [2.75, 3.05) is 30.8 Å². The van der Waals surface area contributed by atoms with Crippen molar-refractivity contribution in [2.45, 2.75) is 38.5 Å². The zero-order valence-corrected chi connectivity index (χ0v) is 23.3. The molecule has 1 amide bonds. The van der Waals surface area contributed by atoms with Crippen LogP contribution in [-0.4, -0.2) is 63.1 Å². The van der Waals surface area contributed by atoms with Gasteiger partial charge in [0.2, 0.25) is 10.0 Å². The second kappa shape index (κ2) is 14.0. The van der Waals surface area contributed by atoms with E-state index in [9.17, 15) is 23.4 Å². The minimum atomic E-state index is -3.50. The van der Waals surface area contributed by atoms with Gasteiger partial charge >= 0.3 is 0 Å². The second-order valence-corrected chi connectivity index (χ2v) is 11.4. The number of nitrogens with zero attached hydrogens (tertiary/aromatic N) is 1. The third kappa shape index (κ3) is 8.19. The third-order valence-electron chi connectivity index (χ3n) is 6.40. The highest BCUT2D eigenvalue weighted by molar-refractivity contribution is 7.92. The molecule has 0 fully saturated rings. The Morgan fingerprint density at radius 3 is 2.46 bits per heavy atom. The van der Waals surface area contributed by atoms with Crippen LogP contribution in [0.15, 0.2) is 72.8 Å². The SMILES string of the molecule is CCCS(=O)(=O)N(C)c1cccc(C(=O)NC(Cc2ccccc2)C(O)CNCc2cccc(OC)c2O)c1. The number of aliphatic hydroxyl groups excluding tert-OH is 1. The summed E-state index contributed by atoms with van der Waals surface area (Å²) in [7, 11) is -0.551. The second-order valence-electron chi connectivity index (χ2n) is 9.27. The van der Waals surface area contributed by atoms with Gasteiger partial charge in [-0.25, -0.2) is 8.42 Å². The number of rotatable bonds is 14. The predicted octanol–water partition coefficient (Wildman–Crippen LogP) is 3.07. The fourth-order valence-corrected chi connectivity index (χ4v) is 5.40. The lowest BCUT2D eigenvalue weighted by molar-refractivity contribution is 0.0830. The average Bonchev–Trinajstić information content (AvgIpc) is 2.93. The molecule has 0 aliphatic rings. The molecular formula is C29H37N3O6S. The Bertz CT molecular complexity index is 1330. The highest BCUT2D eigenvalue weighted by atomic mass is 32.2. The quantitative estimate of drug-likeness (QED) is 0.241. The van der Waals surface area contributed by atoms with Crippen molar-refractivity contribution in [3.8, 4) is 11.5 Å². The van der Waals surface area contributed by atoms with Gasteiger partial charge in [-0.3, -0.25) is 9.10 Å². The molecule has 4 N–H and O–H groups in total. The van der Waals surface area contributed by atoms with E-state index in [-0.39, 0.29) is 30.2 Å². The van der Waals surface area contributed by atoms with E-state index in [0.29, 0.717) is 29.8 Å². The van der Waals surface area contributed by atoms with Gasteiger partial charge in [0.05, 0.1) is 30.7 Å². The Balaban J connectivity index is 1.74. The van der Waals surface area contributed by atoms with Crippen molar-refractivity contribution in [1.29, 1.82) is 0 Å². The molecule has 0 spiro atoms. The van der Waals surface area contributed by atoms with Gasteiger partial charge in [-0.15, -0.1) is 0 Å². The number of hydrogen-bond acceptors (Lipinski definition) is 7. The van der Waals surface area contributed by atoms with E-state index in [4.69, 9.17) is 4.74 Å². The highest BCUT2D eigenvalue weighted by Crippen LogP contribution is 2.29. The number of amides is 1. The normalized spacial score (nSPS) is 12.9. The van der Waals surface area contributed by atoms with Crippen LogP contribution in [-0.2, 0) is 23.0 Å². The number of hydrogen-bond donors (Lipinski definition) is 4. The van der Waals surface area contributed by atoms with E-state index < -0.39 is 28.1 Å². The number of methoxy groups -OCH3 is 1. The van der Waals surface area contributed by atoms with Crippen LogP contribution < -0.4 is 19.7 Å². The first-order valence-corrected chi connectivity index (χ1v) is 14.4. The van der Waals surface area contributed by atoms with Gasteiger partial charge in [-0.1, -0.05) is 55.5 Å². The first kappa shape index (κ1) is 29.9. The molecular weight excluding hydrogens is 518 g/mol. The molecule has 0 heterocycles. The van der Waals surface area contributed by atoms with Gasteiger partial charge in [0, 0.05) is 31.3 Å². The van der Waals surface area contributed by atoms with Crippen LogP contribution in [0.2, 0.25) is 0 Å². The van der Waals surface area contributed by atoms with Crippen molar-refractivity contribution in [3.05, 3.63) is 89.5 Å². The average molecular weight is 556 g/mol. The molecule has 0 radical (unpaired) electrons. The fourth-order valence-electron chi connectivity index (χ4n) is 4.17. The minimum Gasteiger partial charge on any atom is -0.504 e. The Morgan fingerprint density at radius 1 is 1.05 bits per heavy atom. The molecule has 210 valence electrons. The molecule has 9 nitrogen and oxygen atoms in total. The molecule has 3 aromatic rings. The van der Waals surface area contributed by atoms with Crippen LogP contribution in [0.5, 0.6) is 11.5 Å². The lowest BCUT2D eigenvalue weighted by Gasteiger charge is -2.25. The van der Waals surface area contributed by atoms with Crippen LogP contribution in [0.25, 0.3) is 0 Å². The summed E-state index contributed by atoms with van der Waals surface area (Å²) in [5.74, 6) is -0.0313. The van der Waals surface area contributed by atoms with Crippen LogP contribution in [0.4, 0.5) is 5.69 Å². The molecule has 0 bridgehead atoms. The first-order valence-electron chi connectivity index (χ1n) is 12.8. The molecule has 0 saturated carbocycles. The van der Waals surface area contributed by atoms with Crippen molar-refractivity contribution in [2.24, 2.45) is 0 Å². The number of aromatic hydroxyl groups is 1. The molecule has 3 aromatic carbocycles. The van der Waals surface area contributed by atoms with Crippen molar-refractivity contribution >= 4 is 21.6 Å². The Labute approximate surface area is 230 Å². The molecule has 0 aromatic heterocycles. The van der Waals surface area contributed by atoms with Crippen LogP contribution in [0, 0.1) is 0 Å². The topological polar surface area (TPSA) is 128 Å². The van der Waals surface area contributed by atoms with E-state index in [1.54, 1.807) is 43.3 Å². The van der Waals surface area contributed by atoms with Crippen LogP contribution >= 0.6 is 0 Å². The highest BCUT2D eigenvalue weighted by Gasteiger charge is 2.24. The molecule has 2 unspecified atom stereocenters. The molecule has 0 aliphatic carbocycles. The first-order chi connectivity index (χ1) is 18.7. The Kier molecular flexibility index (Phi) is 10.7. The van der Waals surface area contributed by atoms with E-state index >= 15 is 0 Å². The summed E-state index contributed by atoms with van der Waals surface area (Å²) in [6.07, 6.45) is -0.0977. The summed E-state index contributed by atoms with van der Waals surface area (Å²) in [5, 5.41) is 27.4. The number of phenols is 1. The lowest BCUT2D eigenvalue weighted by Crippen LogP contribution is -2.48. The van der Waals surface area contributed by atoms with Crippen molar-refractivity contribution < 1.29 is 28.2 Å². The third-order valence-corrected chi connectivity index (χ3v) is 8.37. The maximum Gasteiger partial charge on any atom is 0.251 e. The molecule has 2 atom stereocenters. The number of phenolic OH excluding ortho intramolecular Hbond substituents is 1.